The zero-order valence-corrected chi connectivity index (χ0v) is 6.31. The van der Waals surface area contributed by atoms with Crippen LogP contribution in [0.1, 0.15) is 13.8 Å². The second-order valence-corrected chi connectivity index (χ2v) is 4.42. The van der Waals surface area contributed by atoms with Gasteiger partial charge in [-0.2, -0.15) is 0 Å². The van der Waals surface area contributed by atoms with Crippen LogP contribution in [-0.4, -0.2) is 11.1 Å². The highest BCUT2D eigenvalue weighted by Gasteiger charge is 1.89. The molecule has 0 radical (unpaired) electrons. The molecule has 2 N–H and O–H groups in total. The van der Waals surface area contributed by atoms with Gasteiger partial charge in [-0.25, -0.2) is 0 Å². The molecule has 0 spiro atoms. The van der Waals surface area contributed by atoms with E-state index in [0.29, 0.717) is 5.25 Å². The molecule has 0 heterocycles. The maximum absolute atomic E-state index is 5.22. The van der Waals surface area contributed by atoms with E-state index in [0.717, 1.165) is 5.88 Å². The molecule has 7 heavy (non-hydrogen) atoms. The molecule has 1 nitrogen and oxygen atoms in total. The van der Waals surface area contributed by atoms with Crippen molar-refractivity contribution >= 4 is 21.6 Å². The Morgan fingerprint density at radius 1 is 1.57 bits per heavy atom. The molecule has 0 saturated heterocycles. The zero-order valence-electron chi connectivity index (χ0n) is 4.68. The molecular weight excluding hydrogens is 126 g/mol. The van der Waals surface area contributed by atoms with Crippen molar-refractivity contribution in [2.75, 3.05) is 5.88 Å². The molecule has 0 aromatic carbocycles. The molecule has 0 bridgehead atoms. The minimum atomic E-state index is 0.702. The molecular formula is C4H11NS2. The van der Waals surface area contributed by atoms with Crippen molar-refractivity contribution in [3.63, 3.8) is 0 Å². The lowest BCUT2D eigenvalue weighted by atomic mass is 10.6. The molecule has 0 aliphatic heterocycles. The predicted molar refractivity (Wildman–Crippen MR) is 39.4 cm³/mol. The Morgan fingerprint density at radius 3 is 2.29 bits per heavy atom. The molecule has 0 saturated carbocycles. The summed E-state index contributed by atoms with van der Waals surface area (Å²) in [7, 11) is 3.53. The summed E-state index contributed by atoms with van der Waals surface area (Å²) in [6.07, 6.45) is 0. The second-order valence-electron chi connectivity index (χ2n) is 1.43. The third-order valence-electron chi connectivity index (χ3n) is 0.329. The third-order valence-corrected chi connectivity index (χ3v) is 2.96. The van der Waals surface area contributed by atoms with Crippen LogP contribution in [0.4, 0.5) is 0 Å². The SMILES string of the molecule is CC(C)SSCN. The van der Waals surface area contributed by atoms with Crippen molar-refractivity contribution in [3.05, 3.63) is 0 Å². The number of rotatable bonds is 3. The number of nitrogens with two attached hydrogens (primary N) is 1. The molecule has 0 aromatic rings. The van der Waals surface area contributed by atoms with Crippen LogP contribution in [0.15, 0.2) is 0 Å². The number of hydrogen-bond acceptors (Lipinski definition) is 3. The van der Waals surface area contributed by atoms with Crippen LogP contribution in [0.3, 0.4) is 0 Å². The summed E-state index contributed by atoms with van der Waals surface area (Å²) in [6, 6.07) is 0. The summed E-state index contributed by atoms with van der Waals surface area (Å²) in [4.78, 5) is 0. The largest absolute Gasteiger partial charge is 0.321 e. The highest BCUT2D eigenvalue weighted by Crippen LogP contribution is 2.23. The lowest BCUT2D eigenvalue weighted by molar-refractivity contribution is 1.12. The van der Waals surface area contributed by atoms with Gasteiger partial charge in [-0.3, -0.25) is 0 Å². The summed E-state index contributed by atoms with van der Waals surface area (Å²) < 4.78 is 0. The van der Waals surface area contributed by atoms with E-state index >= 15 is 0 Å². The van der Waals surface area contributed by atoms with Crippen LogP contribution in [0.5, 0.6) is 0 Å². The smallest absolute Gasteiger partial charge is 0.0498 e. The van der Waals surface area contributed by atoms with E-state index in [-0.39, 0.29) is 0 Å². The van der Waals surface area contributed by atoms with Crippen molar-refractivity contribution in [1.82, 2.24) is 0 Å². The molecule has 3 heteroatoms. The molecule has 0 amide bonds. The summed E-state index contributed by atoms with van der Waals surface area (Å²) in [5.41, 5.74) is 5.22. The Morgan fingerprint density at radius 2 is 2.14 bits per heavy atom. The van der Waals surface area contributed by atoms with Crippen molar-refractivity contribution < 1.29 is 0 Å². The highest BCUT2D eigenvalue weighted by atomic mass is 33.1. The first-order valence-corrected chi connectivity index (χ1v) is 4.64. The van der Waals surface area contributed by atoms with Gasteiger partial charge in [0, 0.05) is 11.1 Å². The fourth-order valence-electron chi connectivity index (χ4n) is 0.175. The topological polar surface area (TPSA) is 26.0 Å². The fourth-order valence-corrected chi connectivity index (χ4v) is 1.58. The van der Waals surface area contributed by atoms with Crippen molar-refractivity contribution in [1.29, 1.82) is 0 Å². The van der Waals surface area contributed by atoms with Gasteiger partial charge in [0.05, 0.1) is 0 Å². The zero-order chi connectivity index (χ0) is 5.70. The quantitative estimate of drug-likeness (QED) is 0.473. The van der Waals surface area contributed by atoms with Crippen LogP contribution in [0, 0.1) is 0 Å². The first-order valence-electron chi connectivity index (χ1n) is 2.25. The second kappa shape index (κ2) is 4.81. The summed E-state index contributed by atoms with van der Waals surface area (Å²) >= 11 is 0. The predicted octanol–water partition coefficient (Wildman–Crippen LogP) is 1.69. The van der Waals surface area contributed by atoms with Crippen LogP contribution < -0.4 is 5.73 Å². The maximum Gasteiger partial charge on any atom is 0.0498 e. The van der Waals surface area contributed by atoms with Gasteiger partial charge in [0.25, 0.3) is 0 Å². The van der Waals surface area contributed by atoms with E-state index in [2.05, 4.69) is 13.8 Å². The number of hydrogen-bond donors (Lipinski definition) is 1. The minimum absolute atomic E-state index is 0.702. The van der Waals surface area contributed by atoms with Crippen molar-refractivity contribution in [3.8, 4) is 0 Å². The van der Waals surface area contributed by atoms with Gasteiger partial charge in [-0.15, -0.1) is 0 Å². The van der Waals surface area contributed by atoms with Crippen molar-refractivity contribution in [2.45, 2.75) is 19.1 Å². The Balaban J connectivity index is 2.68. The molecule has 0 atom stereocenters. The van der Waals surface area contributed by atoms with Gasteiger partial charge < -0.3 is 5.73 Å². The van der Waals surface area contributed by atoms with Crippen LogP contribution >= 0.6 is 21.6 Å². The van der Waals surface area contributed by atoms with Crippen LogP contribution in [0.25, 0.3) is 0 Å². The normalized spacial score (nSPS) is 10.3. The maximum atomic E-state index is 5.22. The minimum Gasteiger partial charge on any atom is -0.321 e. The van der Waals surface area contributed by atoms with E-state index in [1.165, 1.54) is 0 Å². The summed E-state index contributed by atoms with van der Waals surface area (Å²) in [6.45, 7) is 4.32. The van der Waals surface area contributed by atoms with Crippen LogP contribution in [0.2, 0.25) is 0 Å². The van der Waals surface area contributed by atoms with Gasteiger partial charge in [0.15, 0.2) is 0 Å². The monoisotopic (exact) mass is 137 g/mol. The molecule has 0 fully saturated rings. The Hall–Kier alpha value is 0.660. The first kappa shape index (κ1) is 7.66. The van der Waals surface area contributed by atoms with E-state index in [4.69, 9.17) is 5.73 Å². The van der Waals surface area contributed by atoms with E-state index < -0.39 is 0 Å². The van der Waals surface area contributed by atoms with Gasteiger partial charge in [0.2, 0.25) is 0 Å². The van der Waals surface area contributed by atoms with E-state index in [1.54, 1.807) is 10.8 Å². The van der Waals surface area contributed by atoms with Crippen LogP contribution in [-0.2, 0) is 0 Å². The summed E-state index contributed by atoms with van der Waals surface area (Å²) in [5, 5.41) is 0.702. The van der Waals surface area contributed by atoms with Crippen molar-refractivity contribution in [2.24, 2.45) is 5.73 Å². The average molecular weight is 137 g/mol. The van der Waals surface area contributed by atoms with Gasteiger partial charge in [-0.05, 0) is 0 Å². The molecule has 44 valence electrons. The lowest BCUT2D eigenvalue weighted by Gasteiger charge is -1.98. The van der Waals surface area contributed by atoms with Gasteiger partial charge in [-0.1, -0.05) is 35.4 Å². The molecule has 0 unspecified atom stereocenters. The van der Waals surface area contributed by atoms with Gasteiger partial charge >= 0.3 is 0 Å². The highest BCUT2D eigenvalue weighted by molar-refractivity contribution is 8.76. The average Bonchev–Trinajstić information content (AvgIpc) is 1.61. The summed E-state index contributed by atoms with van der Waals surface area (Å²) in [5.74, 6) is 0.725. The van der Waals surface area contributed by atoms with Gasteiger partial charge in [0.1, 0.15) is 0 Å². The molecule has 0 rings (SSSR count). The Labute approximate surface area is 52.8 Å². The third kappa shape index (κ3) is 6.66. The molecule has 0 aliphatic rings. The Bertz CT molecular complexity index is 38.7. The fraction of sp³-hybridized carbons (Fsp3) is 1.00. The molecule has 0 aromatic heterocycles. The van der Waals surface area contributed by atoms with E-state index in [9.17, 15) is 0 Å². The Kier molecular flexibility index (Phi) is 5.26. The van der Waals surface area contributed by atoms with E-state index in [1.807, 2.05) is 10.8 Å². The lowest BCUT2D eigenvalue weighted by Crippen LogP contribution is -1.91. The molecule has 0 aliphatic carbocycles. The standard InChI is InChI=1S/C4H11NS2/c1-4(2)7-6-3-5/h4H,3,5H2,1-2H3. The first-order chi connectivity index (χ1) is 3.27.